The standard InChI is InChI=1S/C36H27BrClFN2O5S/c1-3-45-35(43)30-31(22-9-5-4-6-10-22)40-36-41(32(30)23-13-15-25(39)16-14-23)34(42)29(47-36)19-21-17-26(37)33(28(18-21)44-2)46-20-24-11-7-8-12-27(24)38/h4-19,32H,3,20H2,1-2H3/b29-19+. The van der Waals surface area contributed by atoms with E-state index in [9.17, 15) is 14.0 Å². The van der Waals surface area contributed by atoms with Crippen LogP contribution in [0.25, 0.3) is 11.8 Å². The summed E-state index contributed by atoms with van der Waals surface area (Å²) in [4.78, 5) is 33.0. The van der Waals surface area contributed by atoms with Gasteiger partial charge in [-0.15, -0.1) is 0 Å². The summed E-state index contributed by atoms with van der Waals surface area (Å²) >= 11 is 11.1. The van der Waals surface area contributed by atoms with Crippen molar-refractivity contribution in [3.8, 4) is 11.5 Å². The molecule has 11 heteroatoms. The van der Waals surface area contributed by atoms with Crippen LogP contribution in [0.1, 0.15) is 35.2 Å². The highest BCUT2D eigenvalue weighted by Crippen LogP contribution is 2.38. The van der Waals surface area contributed by atoms with Crippen LogP contribution in [0, 0.1) is 5.82 Å². The maximum Gasteiger partial charge on any atom is 0.338 e. The third-order valence-electron chi connectivity index (χ3n) is 7.44. The molecule has 1 unspecified atom stereocenters. The van der Waals surface area contributed by atoms with Gasteiger partial charge in [0.25, 0.3) is 5.56 Å². The number of hydrogen-bond acceptors (Lipinski definition) is 7. The molecule has 0 N–H and O–H groups in total. The smallest absolute Gasteiger partial charge is 0.338 e. The quantitative estimate of drug-likeness (QED) is 0.152. The second-order valence-corrected chi connectivity index (χ2v) is 12.7. The highest BCUT2D eigenvalue weighted by atomic mass is 79.9. The number of aromatic nitrogens is 1. The Labute approximate surface area is 287 Å². The molecule has 0 saturated carbocycles. The van der Waals surface area contributed by atoms with E-state index in [0.29, 0.717) is 52.7 Å². The summed E-state index contributed by atoms with van der Waals surface area (Å²) < 4.78 is 33.7. The normalized spacial score (nSPS) is 14.4. The van der Waals surface area contributed by atoms with Crippen LogP contribution in [0.15, 0.2) is 111 Å². The van der Waals surface area contributed by atoms with Crippen molar-refractivity contribution in [1.29, 1.82) is 0 Å². The van der Waals surface area contributed by atoms with E-state index in [4.69, 9.17) is 30.8 Å². The summed E-state index contributed by atoms with van der Waals surface area (Å²) in [6, 6.07) is 25.0. The lowest BCUT2D eigenvalue weighted by molar-refractivity contribution is -0.138. The SMILES string of the molecule is CCOC(=O)C1=C(c2ccccc2)N=c2s/c(=C/c3cc(Br)c(OCc4ccccc4Cl)c(OC)c3)c(=O)n2C1c1ccc(F)cc1. The lowest BCUT2D eigenvalue weighted by atomic mass is 9.93. The van der Waals surface area contributed by atoms with Gasteiger partial charge in [-0.2, -0.15) is 0 Å². The zero-order chi connectivity index (χ0) is 33.1. The maximum absolute atomic E-state index is 14.2. The monoisotopic (exact) mass is 732 g/mol. The molecule has 0 fully saturated rings. The van der Waals surface area contributed by atoms with Crippen LogP contribution in [0.4, 0.5) is 4.39 Å². The van der Waals surface area contributed by atoms with Crippen molar-refractivity contribution < 1.29 is 23.4 Å². The van der Waals surface area contributed by atoms with Crippen molar-refractivity contribution >= 4 is 56.6 Å². The van der Waals surface area contributed by atoms with Crippen LogP contribution in [-0.4, -0.2) is 24.3 Å². The number of benzene rings is 4. The zero-order valence-electron chi connectivity index (χ0n) is 25.2. The largest absolute Gasteiger partial charge is 0.493 e. The van der Waals surface area contributed by atoms with Crippen molar-refractivity contribution in [3.63, 3.8) is 0 Å². The van der Waals surface area contributed by atoms with E-state index in [1.165, 1.54) is 35.1 Å². The molecule has 4 aromatic carbocycles. The first-order chi connectivity index (χ1) is 22.8. The van der Waals surface area contributed by atoms with Crippen LogP contribution >= 0.6 is 38.9 Å². The molecule has 1 aromatic heterocycles. The van der Waals surface area contributed by atoms with E-state index in [0.717, 1.165) is 5.56 Å². The van der Waals surface area contributed by atoms with Crippen molar-refractivity contribution in [2.75, 3.05) is 13.7 Å². The van der Waals surface area contributed by atoms with E-state index >= 15 is 0 Å². The minimum atomic E-state index is -0.912. The number of carbonyl (C=O) groups is 1. The summed E-state index contributed by atoms with van der Waals surface area (Å²) in [5.41, 5.74) is 2.91. The van der Waals surface area contributed by atoms with Crippen LogP contribution in [0.3, 0.4) is 0 Å². The number of ether oxygens (including phenoxy) is 3. The lowest BCUT2D eigenvalue weighted by Crippen LogP contribution is -2.40. The summed E-state index contributed by atoms with van der Waals surface area (Å²) in [5.74, 6) is -0.121. The summed E-state index contributed by atoms with van der Waals surface area (Å²) in [6.45, 7) is 2.06. The Balaban J connectivity index is 1.49. The van der Waals surface area contributed by atoms with E-state index in [-0.39, 0.29) is 24.3 Å². The third kappa shape index (κ3) is 6.67. The predicted molar refractivity (Wildman–Crippen MR) is 184 cm³/mol. The number of thiazole rings is 1. The summed E-state index contributed by atoms with van der Waals surface area (Å²) in [7, 11) is 1.53. The Kier molecular flexibility index (Phi) is 9.72. The number of halogens is 3. The van der Waals surface area contributed by atoms with Gasteiger partial charge in [-0.25, -0.2) is 14.2 Å². The summed E-state index contributed by atoms with van der Waals surface area (Å²) in [6.07, 6.45) is 1.73. The third-order valence-corrected chi connectivity index (χ3v) is 9.38. The molecule has 0 radical (unpaired) electrons. The van der Waals surface area contributed by atoms with E-state index in [1.807, 2.05) is 54.6 Å². The molecule has 0 aliphatic carbocycles. The minimum Gasteiger partial charge on any atom is -0.493 e. The predicted octanol–water partition coefficient (Wildman–Crippen LogP) is 7.08. The van der Waals surface area contributed by atoms with Gasteiger partial charge in [0.05, 0.1) is 40.0 Å². The topological polar surface area (TPSA) is 79.1 Å². The molecule has 1 aliphatic rings. The average Bonchev–Trinajstić information content (AvgIpc) is 3.38. The lowest BCUT2D eigenvalue weighted by Gasteiger charge is -2.25. The molecular formula is C36H27BrClFN2O5S. The number of nitrogens with zero attached hydrogens (tertiary/aromatic N) is 2. The van der Waals surface area contributed by atoms with Crippen LogP contribution in [0.2, 0.25) is 5.02 Å². The first kappa shape index (κ1) is 32.4. The molecule has 0 amide bonds. The van der Waals surface area contributed by atoms with Gasteiger partial charge in [0.15, 0.2) is 16.3 Å². The second kappa shape index (κ2) is 14.1. The molecular weight excluding hydrogens is 707 g/mol. The maximum atomic E-state index is 14.2. The number of methoxy groups -OCH3 is 1. The van der Waals surface area contributed by atoms with Crippen molar-refractivity contribution in [2.24, 2.45) is 4.99 Å². The van der Waals surface area contributed by atoms with Gasteiger partial charge in [0, 0.05) is 16.1 Å². The number of esters is 1. The number of fused-ring (bicyclic) bond motifs is 1. The molecule has 1 aliphatic heterocycles. The fourth-order valence-corrected chi connectivity index (χ4v) is 7.05. The van der Waals surface area contributed by atoms with Gasteiger partial charge in [0.1, 0.15) is 12.4 Å². The molecule has 47 heavy (non-hydrogen) atoms. The summed E-state index contributed by atoms with van der Waals surface area (Å²) in [5, 5.41) is 0.593. The number of carbonyl (C=O) groups excluding carboxylic acids is 1. The molecule has 7 nitrogen and oxygen atoms in total. The molecule has 1 atom stereocenters. The Hall–Kier alpha value is -4.51. The van der Waals surface area contributed by atoms with Gasteiger partial charge in [-0.1, -0.05) is 83.6 Å². The van der Waals surface area contributed by atoms with Crippen LogP contribution in [0.5, 0.6) is 11.5 Å². The van der Waals surface area contributed by atoms with Gasteiger partial charge in [-0.3, -0.25) is 9.36 Å². The van der Waals surface area contributed by atoms with Crippen molar-refractivity contribution in [1.82, 2.24) is 4.57 Å². The Morgan fingerprint density at radius 3 is 2.49 bits per heavy atom. The molecule has 6 rings (SSSR count). The van der Waals surface area contributed by atoms with Gasteiger partial charge in [0.2, 0.25) is 0 Å². The zero-order valence-corrected chi connectivity index (χ0v) is 28.4. The van der Waals surface area contributed by atoms with Crippen LogP contribution < -0.4 is 24.4 Å². The molecule has 5 aromatic rings. The molecule has 2 heterocycles. The van der Waals surface area contributed by atoms with E-state index in [2.05, 4.69) is 15.9 Å². The minimum absolute atomic E-state index is 0.125. The molecule has 0 saturated heterocycles. The second-order valence-electron chi connectivity index (χ2n) is 10.4. The first-order valence-electron chi connectivity index (χ1n) is 14.6. The van der Waals surface area contributed by atoms with E-state index in [1.54, 1.807) is 37.3 Å². The number of rotatable bonds is 9. The fraction of sp³-hybridized carbons (Fsp3) is 0.139. The fourth-order valence-electron chi connectivity index (χ4n) is 5.28. The number of hydrogen-bond donors (Lipinski definition) is 0. The van der Waals surface area contributed by atoms with Gasteiger partial charge in [-0.05, 0) is 70.4 Å². The van der Waals surface area contributed by atoms with Gasteiger partial charge >= 0.3 is 5.97 Å². The molecule has 0 bridgehead atoms. The van der Waals surface area contributed by atoms with Crippen LogP contribution in [-0.2, 0) is 16.1 Å². The highest BCUT2D eigenvalue weighted by Gasteiger charge is 2.35. The highest BCUT2D eigenvalue weighted by molar-refractivity contribution is 9.10. The molecule has 238 valence electrons. The van der Waals surface area contributed by atoms with Crippen molar-refractivity contribution in [3.05, 3.63) is 154 Å². The average molecular weight is 734 g/mol. The van der Waals surface area contributed by atoms with Gasteiger partial charge < -0.3 is 14.2 Å². The Bertz CT molecular complexity index is 2180. The Morgan fingerprint density at radius 2 is 1.79 bits per heavy atom. The van der Waals surface area contributed by atoms with E-state index < -0.39 is 17.8 Å². The Morgan fingerprint density at radius 1 is 1.06 bits per heavy atom. The molecule has 0 spiro atoms. The first-order valence-corrected chi connectivity index (χ1v) is 16.6. The van der Waals surface area contributed by atoms with Crippen molar-refractivity contribution in [2.45, 2.75) is 19.6 Å².